The minimum Gasteiger partial charge on any atom is -0.395 e. The number of fused-ring (bicyclic) bond motifs is 3. The standard InChI is InChI=1S/C18H21N3O2S2/c1-2-21-16-6-4-3-5-14(16)15-11-13(7-8-17(15)21)20-18(23)19-12-25-24-10-9-22/h3-8,11,22H,2,9-10,12H2,1H3,(H2,19,20,23). The monoisotopic (exact) mass is 375 g/mol. The third-order valence-corrected chi connectivity index (χ3v) is 6.03. The molecule has 0 spiro atoms. The fourth-order valence-corrected chi connectivity index (χ4v) is 4.35. The Kier molecular flexibility index (Phi) is 6.12. The fraction of sp³-hybridized carbons (Fsp3) is 0.278. The predicted octanol–water partition coefficient (Wildman–Crippen LogP) is 4.27. The first-order chi connectivity index (χ1) is 12.2. The Labute approximate surface area is 154 Å². The lowest BCUT2D eigenvalue weighted by Crippen LogP contribution is -2.28. The number of aryl methyl sites for hydroxylation is 1. The van der Waals surface area contributed by atoms with Gasteiger partial charge >= 0.3 is 6.03 Å². The summed E-state index contributed by atoms with van der Waals surface area (Å²) < 4.78 is 2.28. The molecule has 3 N–H and O–H groups in total. The molecule has 0 aliphatic rings. The zero-order valence-corrected chi connectivity index (χ0v) is 15.6. The number of nitrogens with zero attached hydrogens (tertiary/aromatic N) is 1. The molecule has 0 unspecified atom stereocenters. The van der Waals surface area contributed by atoms with Gasteiger partial charge < -0.3 is 20.3 Å². The van der Waals surface area contributed by atoms with Gasteiger partial charge in [-0.25, -0.2) is 4.79 Å². The van der Waals surface area contributed by atoms with E-state index in [0.717, 1.165) is 17.6 Å². The second-order valence-electron chi connectivity index (χ2n) is 5.43. The van der Waals surface area contributed by atoms with Gasteiger partial charge in [-0.05, 0) is 31.2 Å². The van der Waals surface area contributed by atoms with Gasteiger partial charge in [0.1, 0.15) is 0 Å². The van der Waals surface area contributed by atoms with E-state index in [1.165, 1.54) is 38.0 Å². The van der Waals surface area contributed by atoms with Crippen molar-refractivity contribution in [2.75, 3.05) is 23.6 Å². The van der Waals surface area contributed by atoms with Gasteiger partial charge in [-0.3, -0.25) is 0 Å². The third-order valence-electron chi connectivity index (χ3n) is 3.90. The number of aromatic nitrogens is 1. The lowest BCUT2D eigenvalue weighted by atomic mass is 10.1. The number of aliphatic hydroxyl groups excluding tert-OH is 1. The highest BCUT2D eigenvalue weighted by atomic mass is 33.1. The molecule has 0 radical (unpaired) electrons. The molecule has 7 heteroatoms. The smallest absolute Gasteiger partial charge is 0.319 e. The van der Waals surface area contributed by atoms with E-state index in [4.69, 9.17) is 5.11 Å². The summed E-state index contributed by atoms with van der Waals surface area (Å²) >= 11 is 0. The maximum atomic E-state index is 12.0. The number of anilines is 1. The van der Waals surface area contributed by atoms with Gasteiger partial charge in [-0.2, -0.15) is 0 Å². The van der Waals surface area contributed by atoms with E-state index in [1.54, 1.807) is 0 Å². The number of amides is 2. The first-order valence-corrected chi connectivity index (χ1v) is 10.6. The predicted molar refractivity (Wildman–Crippen MR) is 109 cm³/mol. The number of urea groups is 1. The average Bonchev–Trinajstić information content (AvgIpc) is 2.94. The number of benzene rings is 2. The van der Waals surface area contributed by atoms with Crippen molar-refractivity contribution in [3.05, 3.63) is 42.5 Å². The minimum atomic E-state index is -0.226. The molecule has 0 atom stereocenters. The molecule has 3 rings (SSSR count). The summed E-state index contributed by atoms with van der Waals surface area (Å²) in [5.74, 6) is 1.15. The SMILES string of the molecule is CCn1c2ccccc2c2cc(NC(=O)NCSSCCO)ccc21. The largest absolute Gasteiger partial charge is 0.395 e. The molecule has 3 aromatic rings. The molecule has 0 saturated carbocycles. The molecule has 2 amide bonds. The van der Waals surface area contributed by atoms with Crippen LogP contribution in [0.4, 0.5) is 10.5 Å². The van der Waals surface area contributed by atoms with Gasteiger partial charge in [0.15, 0.2) is 0 Å². The molecule has 1 heterocycles. The highest BCUT2D eigenvalue weighted by Crippen LogP contribution is 2.30. The first kappa shape index (κ1) is 18.0. The van der Waals surface area contributed by atoms with Crippen molar-refractivity contribution in [1.29, 1.82) is 0 Å². The van der Waals surface area contributed by atoms with Crippen molar-refractivity contribution in [3.8, 4) is 0 Å². The first-order valence-electron chi connectivity index (χ1n) is 8.15. The highest BCUT2D eigenvalue weighted by molar-refractivity contribution is 8.76. The zero-order valence-electron chi connectivity index (χ0n) is 14.0. The van der Waals surface area contributed by atoms with Crippen LogP contribution in [0.3, 0.4) is 0 Å². The third kappa shape index (κ3) is 4.05. The molecule has 0 aliphatic heterocycles. The molecule has 5 nitrogen and oxygen atoms in total. The normalized spacial score (nSPS) is 11.1. The Balaban J connectivity index is 1.75. The molecule has 25 heavy (non-hydrogen) atoms. The van der Waals surface area contributed by atoms with Gasteiger partial charge in [0.05, 0.1) is 12.5 Å². The Morgan fingerprint density at radius 1 is 1.12 bits per heavy atom. The number of carbonyl (C=O) groups excluding carboxylic acids is 1. The second kappa shape index (κ2) is 8.51. The molecule has 0 bridgehead atoms. The van der Waals surface area contributed by atoms with Crippen LogP contribution >= 0.6 is 21.6 Å². The quantitative estimate of drug-likeness (QED) is 0.328. The van der Waals surface area contributed by atoms with Gasteiger partial charge in [0.2, 0.25) is 0 Å². The van der Waals surface area contributed by atoms with Gasteiger partial charge in [0, 0.05) is 39.8 Å². The van der Waals surface area contributed by atoms with Gasteiger partial charge in [0.25, 0.3) is 0 Å². The van der Waals surface area contributed by atoms with Gasteiger partial charge in [-0.15, -0.1) is 0 Å². The highest BCUT2D eigenvalue weighted by Gasteiger charge is 2.10. The summed E-state index contributed by atoms with van der Waals surface area (Å²) in [7, 11) is 3.04. The number of rotatable bonds is 7. The maximum Gasteiger partial charge on any atom is 0.319 e. The lowest BCUT2D eigenvalue weighted by molar-refractivity contribution is 0.253. The van der Waals surface area contributed by atoms with Crippen molar-refractivity contribution < 1.29 is 9.90 Å². The lowest BCUT2D eigenvalue weighted by Gasteiger charge is -2.08. The average molecular weight is 376 g/mol. The van der Waals surface area contributed by atoms with E-state index in [9.17, 15) is 4.79 Å². The number of para-hydroxylation sites is 1. The van der Waals surface area contributed by atoms with Crippen LogP contribution < -0.4 is 10.6 Å². The topological polar surface area (TPSA) is 66.3 Å². The fourth-order valence-electron chi connectivity index (χ4n) is 2.88. The summed E-state index contributed by atoms with van der Waals surface area (Å²) in [4.78, 5) is 12.0. The van der Waals surface area contributed by atoms with E-state index in [0.29, 0.717) is 11.6 Å². The molecule has 0 saturated heterocycles. The Bertz CT molecular complexity index is 879. The molecule has 0 aliphatic carbocycles. The van der Waals surface area contributed by atoms with Crippen LogP contribution in [-0.2, 0) is 6.54 Å². The minimum absolute atomic E-state index is 0.148. The van der Waals surface area contributed by atoms with E-state index >= 15 is 0 Å². The Hall–Kier alpha value is -1.83. The maximum absolute atomic E-state index is 12.0. The molecule has 2 aromatic carbocycles. The molecular formula is C18H21N3O2S2. The number of hydrogen-bond acceptors (Lipinski definition) is 4. The number of hydrogen-bond donors (Lipinski definition) is 3. The van der Waals surface area contributed by atoms with E-state index < -0.39 is 0 Å². The van der Waals surface area contributed by atoms with Crippen LogP contribution in [0.1, 0.15) is 6.92 Å². The second-order valence-corrected chi connectivity index (χ2v) is 8.01. The molecule has 1 aromatic heterocycles. The summed E-state index contributed by atoms with van der Waals surface area (Å²) in [5.41, 5.74) is 3.15. The van der Waals surface area contributed by atoms with Crippen LogP contribution in [0.25, 0.3) is 21.8 Å². The molecule has 0 fully saturated rings. The summed E-state index contributed by atoms with van der Waals surface area (Å²) in [6.45, 7) is 3.19. The van der Waals surface area contributed by atoms with Crippen LogP contribution in [0, 0.1) is 0 Å². The van der Waals surface area contributed by atoms with Crippen molar-refractivity contribution >= 4 is 55.1 Å². The van der Waals surface area contributed by atoms with Crippen molar-refractivity contribution in [3.63, 3.8) is 0 Å². The summed E-state index contributed by atoms with van der Waals surface area (Å²) in [5, 5.41) is 16.7. The summed E-state index contributed by atoms with van der Waals surface area (Å²) in [6.07, 6.45) is 0. The number of carbonyl (C=O) groups is 1. The van der Waals surface area contributed by atoms with Crippen LogP contribution in [-0.4, -0.2) is 33.9 Å². The number of nitrogens with one attached hydrogen (secondary N) is 2. The van der Waals surface area contributed by atoms with Crippen LogP contribution in [0.2, 0.25) is 0 Å². The molecule has 132 valence electrons. The number of aliphatic hydroxyl groups is 1. The molecular weight excluding hydrogens is 354 g/mol. The van der Waals surface area contributed by atoms with Crippen LogP contribution in [0.15, 0.2) is 42.5 Å². The van der Waals surface area contributed by atoms with E-state index in [1.807, 2.05) is 24.3 Å². The van der Waals surface area contributed by atoms with Crippen LogP contribution in [0.5, 0.6) is 0 Å². The zero-order chi connectivity index (χ0) is 17.6. The van der Waals surface area contributed by atoms with Crippen molar-refractivity contribution in [2.45, 2.75) is 13.5 Å². The Morgan fingerprint density at radius 3 is 2.72 bits per heavy atom. The Morgan fingerprint density at radius 2 is 1.92 bits per heavy atom. The van der Waals surface area contributed by atoms with Crippen molar-refractivity contribution in [2.24, 2.45) is 0 Å². The summed E-state index contributed by atoms with van der Waals surface area (Å²) in [6, 6.07) is 14.1. The van der Waals surface area contributed by atoms with E-state index in [2.05, 4.69) is 40.3 Å². The van der Waals surface area contributed by atoms with Crippen molar-refractivity contribution in [1.82, 2.24) is 9.88 Å². The van der Waals surface area contributed by atoms with E-state index in [-0.39, 0.29) is 12.6 Å². The van der Waals surface area contributed by atoms with Gasteiger partial charge in [-0.1, -0.05) is 39.8 Å².